The lowest BCUT2D eigenvalue weighted by Crippen LogP contribution is -2.36. The molecule has 1 heterocycles. The first kappa shape index (κ1) is 24.2. The second-order valence-corrected chi connectivity index (χ2v) is 7.05. The van der Waals surface area contributed by atoms with E-state index in [1.807, 2.05) is 30.3 Å². The molecule has 0 unspecified atom stereocenters. The summed E-state index contributed by atoms with van der Waals surface area (Å²) in [6.45, 7) is 0.0486. The van der Waals surface area contributed by atoms with Crippen molar-refractivity contribution >= 4 is 23.1 Å². The summed E-state index contributed by atoms with van der Waals surface area (Å²) in [5, 5.41) is 16.3. The maximum atomic E-state index is 12.6. The van der Waals surface area contributed by atoms with E-state index < -0.39 is 28.7 Å². The second kappa shape index (κ2) is 11.4. The van der Waals surface area contributed by atoms with Gasteiger partial charge in [-0.05, 0) is 17.7 Å². The Morgan fingerprint density at radius 3 is 2.47 bits per heavy atom. The van der Waals surface area contributed by atoms with Crippen molar-refractivity contribution in [1.82, 2.24) is 9.55 Å². The summed E-state index contributed by atoms with van der Waals surface area (Å²) < 4.78 is 11.6. The van der Waals surface area contributed by atoms with E-state index in [4.69, 9.17) is 9.47 Å². The van der Waals surface area contributed by atoms with Crippen LogP contribution in [0.15, 0.2) is 64.2 Å². The molecule has 0 bridgehead atoms. The number of aromatic nitrogens is 2. The third kappa shape index (κ3) is 6.29. The van der Waals surface area contributed by atoms with Crippen molar-refractivity contribution in [2.75, 3.05) is 31.0 Å². The van der Waals surface area contributed by atoms with Crippen LogP contribution >= 0.6 is 0 Å². The van der Waals surface area contributed by atoms with Crippen LogP contribution in [0.4, 0.5) is 17.2 Å². The van der Waals surface area contributed by atoms with Crippen LogP contribution in [0.3, 0.4) is 0 Å². The highest BCUT2D eigenvalue weighted by Crippen LogP contribution is 2.19. The van der Waals surface area contributed by atoms with Crippen LogP contribution in [-0.4, -0.2) is 40.7 Å². The van der Waals surface area contributed by atoms with Gasteiger partial charge in [0.15, 0.2) is 6.61 Å². The Morgan fingerprint density at radius 2 is 1.82 bits per heavy atom. The fraction of sp³-hybridized carbons (Fsp3) is 0.227. The van der Waals surface area contributed by atoms with Gasteiger partial charge < -0.3 is 20.1 Å². The maximum Gasteiger partial charge on any atom is 0.330 e. The van der Waals surface area contributed by atoms with Crippen LogP contribution in [0.25, 0.3) is 0 Å². The number of carbonyl (C=O) groups excluding carboxylic acids is 1. The van der Waals surface area contributed by atoms with Crippen molar-refractivity contribution in [1.29, 1.82) is 0 Å². The minimum atomic E-state index is -0.709. The smallest absolute Gasteiger partial charge is 0.330 e. The summed E-state index contributed by atoms with van der Waals surface area (Å²) in [5.41, 5.74) is -0.629. The number of ether oxygens (including phenoxy) is 2. The van der Waals surface area contributed by atoms with E-state index in [-0.39, 0.29) is 42.6 Å². The van der Waals surface area contributed by atoms with E-state index in [0.717, 1.165) is 5.56 Å². The molecule has 1 amide bonds. The van der Waals surface area contributed by atoms with Crippen molar-refractivity contribution in [3.05, 3.63) is 91.1 Å². The molecular weight excluding hydrogens is 446 g/mol. The highest BCUT2D eigenvalue weighted by Gasteiger charge is 2.18. The van der Waals surface area contributed by atoms with Crippen LogP contribution in [0.1, 0.15) is 5.56 Å². The SMILES string of the molecule is COCCn1c(NC(=O)COc2ccc([N+](=O)[O-])cc2)c(NCc2ccccc2)c(=O)[nH]c1=O. The van der Waals surface area contributed by atoms with Crippen LogP contribution < -0.4 is 26.6 Å². The normalized spacial score (nSPS) is 10.5. The molecule has 12 nitrogen and oxygen atoms in total. The summed E-state index contributed by atoms with van der Waals surface area (Å²) in [7, 11) is 1.46. The molecule has 0 radical (unpaired) electrons. The summed E-state index contributed by atoms with van der Waals surface area (Å²) in [5.74, 6) is -0.429. The fourth-order valence-electron chi connectivity index (χ4n) is 3.03. The number of nitro benzene ring substituents is 1. The molecule has 12 heteroatoms. The largest absolute Gasteiger partial charge is 0.484 e. The Balaban J connectivity index is 1.81. The van der Waals surface area contributed by atoms with Crippen molar-refractivity contribution in [2.45, 2.75) is 13.1 Å². The molecule has 0 saturated heterocycles. The van der Waals surface area contributed by atoms with E-state index in [9.17, 15) is 24.5 Å². The Hall–Kier alpha value is -4.45. The average Bonchev–Trinajstić information content (AvgIpc) is 2.83. The van der Waals surface area contributed by atoms with E-state index in [0.29, 0.717) is 0 Å². The quantitative estimate of drug-likeness (QED) is 0.283. The maximum absolute atomic E-state index is 12.6. The molecule has 0 saturated carbocycles. The Bertz CT molecular complexity index is 1250. The molecule has 0 aliphatic carbocycles. The number of rotatable bonds is 11. The minimum absolute atomic E-state index is 0.00300. The first-order chi connectivity index (χ1) is 16.4. The van der Waals surface area contributed by atoms with Crippen molar-refractivity contribution in [3.8, 4) is 5.75 Å². The predicted molar refractivity (Wildman–Crippen MR) is 124 cm³/mol. The first-order valence-electron chi connectivity index (χ1n) is 10.2. The van der Waals surface area contributed by atoms with Crippen LogP contribution in [0.2, 0.25) is 0 Å². The van der Waals surface area contributed by atoms with E-state index in [1.165, 1.54) is 35.9 Å². The van der Waals surface area contributed by atoms with Gasteiger partial charge in [0, 0.05) is 25.8 Å². The minimum Gasteiger partial charge on any atom is -0.484 e. The molecule has 3 aromatic rings. The zero-order valence-corrected chi connectivity index (χ0v) is 18.3. The number of benzene rings is 2. The molecule has 1 aromatic heterocycles. The molecule has 3 N–H and O–H groups in total. The molecule has 2 aromatic carbocycles. The predicted octanol–water partition coefficient (Wildman–Crippen LogP) is 1.72. The number of H-pyrrole nitrogens is 1. The van der Waals surface area contributed by atoms with Gasteiger partial charge in [-0.15, -0.1) is 0 Å². The van der Waals surface area contributed by atoms with Gasteiger partial charge in [-0.25, -0.2) is 4.79 Å². The lowest BCUT2D eigenvalue weighted by molar-refractivity contribution is -0.384. The number of anilines is 2. The molecular formula is C22H23N5O7. The van der Waals surface area contributed by atoms with Crippen molar-refractivity contribution < 1.29 is 19.2 Å². The average molecular weight is 469 g/mol. The van der Waals surface area contributed by atoms with Gasteiger partial charge in [0.1, 0.15) is 17.3 Å². The first-order valence-corrected chi connectivity index (χ1v) is 10.2. The molecule has 34 heavy (non-hydrogen) atoms. The van der Waals surface area contributed by atoms with E-state index in [2.05, 4.69) is 15.6 Å². The summed E-state index contributed by atoms with van der Waals surface area (Å²) in [4.78, 5) is 50.0. The second-order valence-electron chi connectivity index (χ2n) is 7.05. The monoisotopic (exact) mass is 469 g/mol. The molecule has 0 aliphatic rings. The summed E-state index contributed by atoms with van der Waals surface area (Å²) in [6.07, 6.45) is 0. The van der Waals surface area contributed by atoms with Crippen molar-refractivity contribution in [3.63, 3.8) is 0 Å². The zero-order valence-electron chi connectivity index (χ0n) is 18.3. The number of nitrogens with zero attached hydrogens (tertiary/aromatic N) is 2. The molecule has 0 aliphatic heterocycles. The number of nitrogens with one attached hydrogen (secondary N) is 3. The van der Waals surface area contributed by atoms with E-state index >= 15 is 0 Å². The molecule has 0 fully saturated rings. The third-order valence-corrected chi connectivity index (χ3v) is 4.71. The summed E-state index contributed by atoms with van der Waals surface area (Å²) >= 11 is 0. The number of nitro groups is 1. The Labute approximate surface area is 193 Å². The number of non-ortho nitro benzene ring substituents is 1. The van der Waals surface area contributed by atoms with E-state index in [1.54, 1.807) is 0 Å². The van der Waals surface area contributed by atoms with Crippen LogP contribution in [-0.2, 0) is 22.6 Å². The number of methoxy groups -OCH3 is 1. The fourth-order valence-corrected chi connectivity index (χ4v) is 3.03. The van der Waals surface area contributed by atoms with Gasteiger partial charge >= 0.3 is 5.69 Å². The zero-order chi connectivity index (χ0) is 24.5. The molecule has 178 valence electrons. The number of amides is 1. The molecule has 0 spiro atoms. The Morgan fingerprint density at radius 1 is 1.12 bits per heavy atom. The van der Waals surface area contributed by atoms with Crippen LogP contribution in [0, 0.1) is 10.1 Å². The van der Waals surface area contributed by atoms with Gasteiger partial charge in [0.2, 0.25) is 0 Å². The van der Waals surface area contributed by atoms with Gasteiger partial charge in [-0.1, -0.05) is 30.3 Å². The third-order valence-electron chi connectivity index (χ3n) is 4.71. The molecule has 0 atom stereocenters. The molecule has 3 rings (SSSR count). The van der Waals surface area contributed by atoms with Gasteiger partial charge in [0.25, 0.3) is 17.2 Å². The highest BCUT2D eigenvalue weighted by molar-refractivity contribution is 5.93. The van der Waals surface area contributed by atoms with Crippen LogP contribution in [0.5, 0.6) is 5.75 Å². The summed E-state index contributed by atoms with van der Waals surface area (Å²) in [6, 6.07) is 14.5. The van der Waals surface area contributed by atoms with Crippen molar-refractivity contribution in [2.24, 2.45) is 0 Å². The topological polar surface area (TPSA) is 158 Å². The lowest BCUT2D eigenvalue weighted by atomic mass is 10.2. The standard InChI is InChI=1S/C22H23N5O7/c1-33-12-11-26-20(24-18(28)14-34-17-9-7-16(8-10-17)27(31)32)19(21(29)25-22(26)30)23-13-15-5-3-2-4-6-15/h2-10,23H,11-14H2,1H3,(H,24,28)(H,25,29,30). The number of hydrogen-bond donors (Lipinski definition) is 3. The van der Waals surface area contributed by atoms with Gasteiger partial charge in [-0.3, -0.25) is 29.3 Å². The lowest BCUT2D eigenvalue weighted by Gasteiger charge is -2.18. The highest BCUT2D eigenvalue weighted by atomic mass is 16.6. The number of hydrogen-bond acceptors (Lipinski definition) is 8. The number of carbonyl (C=O) groups is 1. The van der Waals surface area contributed by atoms with Gasteiger partial charge in [0.05, 0.1) is 18.1 Å². The van der Waals surface area contributed by atoms with Gasteiger partial charge in [-0.2, -0.15) is 0 Å². The number of aromatic amines is 1. The Kier molecular flexibility index (Phi) is 8.13.